The summed E-state index contributed by atoms with van der Waals surface area (Å²) in [6, 6.07) is 8.20. The molecule has 0 aliphatic carbocycles. The van der Waals surface area contributed by atoms with E-state index in [0.29, 0.717) is 6.61 Å². The van der Waals surface area contributed by atoms with Crippen LogP contribution in [0.5, 0.6) is 5.75 Å². The van der Waals surface area contributed by atoms with Crippen molar-refractivity contribution in [3.8, 4) is 17.0 Å². The van der Waals surface area contributed by atoms with E-state index in [0.717, 1.165) is 34.5 Å². The van der Waals surface area contributed by atoms with Gasteiger partial charge in [-0.05, 0) is 24.8 Å². The zero-order valence-electron chi connectivity index (χ0n) is 10.6. The number of hydrogen-bond donors (Lipinski definition) is 0. The Balaban J connectivity index is 2.19. The molecule has 0 unspecified atom stereocenters. The largest absolute Gasteiger partial charge is 0.487 e. The van der Waals surface area contributed by atoms with Crippen molar-refractivity contribution in [3.05, 3.63) is 30.0 Å². The summed E-state index contributed by atoms with van der Waals surface area (Å²) < 4.78 is 8.05. The standard InChI is InChI=1S/C14H16N2OS/c1-3-16-13-10-7-5-6-8-12(10)17-9-11(13)15-14(16)18-4-2/h5-8H,3-4,9H2,1-2H3. The first-order valence-corrected chi connectivity index (χ1v) is 7.28. The van der Waals surface area contributed by atoms with Gasteiger partial charge in [-0.2, -0.15) is 0 Å². The molecule has 2 aromatic rings. The highest BCUT2D eigenvalue weighted by Gasteiger charge is 2.24. The van der Waals surface area contributed by atoms with Gasteiger partial charge in [0.15, 0.2) is 5.16 Å². The van der Waals surface area contributed by atoms with Crippen molar-refractivity contribution in [3.63, 3.8) is 0 Å². The summed E-state index contributed by atoms with van der Waals surface area (Å²) in [5.74, 6) is 2.01. The van der Waals surface area contributed by atoms with Crippen LogP contribution in [-0.2, 0) is 13.2 Å². The summed E-state index contributed by atoms with van der Waals surface area (Å²) in [4.78, 5) is 4.71. The summed E-state index contributed by atoms with van der Waals surface area (Å²) in [5, 5.41) is 1.10. The average molecular weight is 260 g/mol. The molecular formula is C14H16N2OS. The number of rotatable bonds is 3. The smallest absolute Gasteiger partial charge is 0.168 e. The van der Waals surface area contributed by atoms with Gasteiger partial charge in [0, 0.05) is 12.1 Å². The molecule has 18 heavy (non-hydrogen) atoms. The molecule has 0 fully saturated rings. The van der Waals surface area contributed by atoms with Gasteiger partial charge in [-0.1, -0.05) is 30.8 Å². The second-order valence-electron chi connectivity index (χ2n) is 4.15. The van der Waals surface area contributed by atoms with E-state index < -0.39 is 0 Å². The van der Waals surface area contributed by atoms with Crippen molar-refractivity contribution < 1.29 is 4.74 Å². The van der Waals surface area contributed by atoms with Crippen molar-refractivity contribution >= 4 is 11.8 Å². The van der Waals surface area contributed by atoms with Crippen LogP contribution < -0.4 is 4.74 Å². The van der Waals surface area contributed by atoms with Gasteiger partial charge in [0.25, 0.3) is 0 Å². The maximum atomic E-state index is 5.76. The van der Waals surface area contributed by atoms with Gasteiger partial charge in [0.2, 0.25) is 0 Å². The van der Waals surface area contributed by atoms with Crippen molar-refractivity contribution in [2.45, 2.75) is 32.2 Å². The van der Waals surface area contributed by atoms with Crippen LogP contribution in [0.3, 0.4) is 0 Å². The molecule has 0 saturated heterocycles. The number of fused-ring (bicyclic) bond motifs is 3. The number of para-hydroxylation sites is 1. The fourth-order valence-corrected chi connectivity index (χ4v) is 3.16. The number of thioether (sulfide) groups is 1. The summed E-state index contributed by atoms with van der Waals surface area (Å²) in [6.45, 7) is 5.85. The van der Waals surface area contributed by atoms with Crippen LogP contribution in [0.15, 0.2) is 29.4 Å². The van der Waals surface area contributed by atoms with Gasteiger partial charge < -0.3 is 9.30 Å². The molecule has 3 rings (SSSR count). The van der Waals surface area contributed by atoms with Crippen molar-refractivity contribution in [2.24, 2.45) is 0 Å². The van der Waals surface area contributed by atoms with Crippen LogP contribution in [0.1, 0.15) is 19.5 Å². The molecule has 1 aliphatic heterocycles. The SMILES string of the molecule is CCSc1nc2c(n1CC)-c1ccccc1OC2. The molecule has 0 spiro atoms. The lowest BCUT2D eigenvalue weighted by Crippen LogP contribution is -2.08. The van der Waals surface area contributed by atoms with Gasteiger partial charge in [-0.3, -0.25) is 0 Å². The second kappa shape index (κ2) is 4.69. The zero-order chi connectivity index (χ0) is 12.5. The number of hydrogen-bond acceptors (Lipinski definition) is 3. The third-order valence-corrected chi connectivity index (χ3v) is 3.96. The molecule has 2 heterocycles. The highest BCUT2D eigenvalue weighted by molar-refractivity contribution is 7.99. The third-order valence-electron chi connectivity index (χ3n) is 3.10. The summed E-state index contributed by atoms with van der Waals surface area (Å²) in [7, 11) is 0. The fourth-order valence-electron chi connectivity index (χ4n) is 2.35. The number of ether oxygens (including phenoxy) is 1. The molecule has 1 aromatic carbocycles. The summed E-state index contributed by atoms with van der Waals surface area (Å²) >= 11 is 1.79. The predicted octanol–water partition coefficient (Wildman–Crippen LogP) is 3.57. The molecule has 0 N–H and O–H groups in total. The maximum absolute atomic E-state index is 5.76. The van der Waals surface area contributed by atoms with E-state index in [9.17, 15) is 0 Å². The van der Waals surface area contributed by atoms with E-state index >= 15 is 0 Å². The maximum Gasteiger partial charge on any atom is 0.168 e. The molecule has 1 aliphatic rings. The number of benzene rings is 1. The Kier molecular flexibility index (Phi) is 3.04. The number of nitrogens with zero attached hydrogens (tertiary/aromatic N) is 2. The monoisotopic (exact) mass is 260 g/mol. The Morgan fingerprint density at radius 2 is 2.17 bits per heavy atom. The normalized spacial score (nSPS) is 12.8. The van der Waals surface area contributed by atoms with E-state index in [-0.39, 0.29) is 0 Å². The third kappa shape index (κ3) is 1.72. The minimum Gasteiger partial charge on any atom is -0.487 e. The average Bonchev–Trinajstić information content (AvgIpc) is 2.77. The number of imidazole rings is 1. The highest BCUT2D eigenvalue weighted by atomic mass is 32.2. The van der Waals surface area contributed by atoms with Crippen LogP contribution in [0, 0.1) is 0 Å². The molecule has 0 bridgehead atoms. The molecule has 4 heteroatoms. The second-order valence-corrected chi connectivity index (χ2v) is 5.38. The Hall–Kier alpha value is -1.42. The number of aromatic nitrogens is 2. The molecule has 0 radical (unpaired) electrons. The van der Waals surface area contributed by atoms with E-state index in [4.69, 9.17) is 9.72 Å². The van der Waals surface area contributed by atoms with Crippen LogP contribution in [0.2, 0.25) is 0 Å². The van der Waals surface area contributed by atoms with Crippen LogP contribution in [0.25, 0.3) is 11.3 Å². The highest BCUT2D eigenvalue weighted by Crippen LogP contribution is 2.39. The molecule has 0 amide bonds. The van der Waals surface area contributed by atoms with Gasteiger partial charge in [0.05, 0.1) is 5.69 Å². The Labute approximate surface area is 111 Å². The lowest BCUT2D eigenvalue weighted by Gasteiger charge is -2.18. The lowest BCUT2D eigenvalue weighted by molar-refractivity contribution is 0.297. The molecular weight excluding hydrogens is 244 g/mol. The van der Waals surface area contributed by atoms with E-state index in [1.165, 1.54) is 5.69 Å². The molecule has 94 valence electrons. The molecule has 0 atom stereocenters. The van der Waals surface area contributed by atoms with Gasteiger partial charge in [-0.25, -0.2) is 4.98 Å². The van der Waals surface area contributed by atoms with Crippen LogP contribution in [-0.4, -0.2) is 15.3 Å². The topological polar surface area (TPSA) is 27.1 Å². The minimum atomic E-state index is 0.580. The first-order chi connectivity index (χ1) is 8.85. The Morgan fingerprint density at radius 1 is 1.33 bits per heavy atom. The predicted molar refractivity (Wildman–Crippen MR) is 74.1 cm³/mol. The Morgan fingerprint density at radius 3 is 2.94 bits per heavy atom. The van der Waals surface area contributed by atoms with Crippen molar-refractivity contribution in [1.82, 2.24) is 9.55 Å². The lowest BCUT2D eigenvalue weighted by atomic mass is 10.1. The Bertz CT molecular complexity index is 577. The van der Waals surface area contributed by atoms with Gasteiger partial charge in [0.1, 0.15) is 18.1 Å². The first kappa shape index (κ1) is 11.7. The van der Waals surface area contributed by atoms with E-state index in [1.54, 1.807) is 11.8 Å². The minimum absolute atomic E-state index is 0.580. The molecule has 0 saturated carbocycles. The first-order valence-electron chi connectivity index (χ1n) is 6.29. The molecule has 1 aromatic heterocycles. The van der Waals surface area contributed by atoms with Gasteiger partial charge >= 0.3 is 0 Å². The van der Waals surface area contributed by atoms with Crippen LogP contribution in [0.4, 0.5) is 0 Å². The fraction of sp³-hybridized carbons (Fsp3) is 0.357. The summed E-state index contributed by atoms with van der Waals surface area (Å²) in [6.07, 6.45) is 0. The zero-order valence-corrected chi connectivity index (χ0v) is 11.5. The summed E-state index contributed by atoms with van der Waals surface area (Å²) in [5.41, 5.74) is 3.46. The van der Waals surface area contributed by atoms with Crippen molar-refractivity contribution in [1.29, 1.82) is 0 Å². The van der Waals surface area contributed by atoms with Crippen molar-refractivity contribution in [2.75, 3.05) is 5.75 Å². The van der Waals surface area contributed by atoms with E-state index in [2.05, 4.69) is 30.5 Å². The van der Waals surface area contributed by atoms with Crippen LogP contribution >= 0.6 is 11.8 Å². The van der Waals surface area contributed by atoms with E-state index in [1.807, 2.05) is 12.1 Å². The quantitative estimate of drug-likeness (QED) is 0.789. The van der Waals surface area contributed by atoms with Gasteiger partial charge in [-0.15, -0.1) is 0 Å². The molecule has 3 nitrogen and oxygen atoms in total.